The van der Waals surface area contributed by atoms with Gasteiger partial charge in [-0.15, -0.1) is 0 Å². The molecule has 0 aromatic carbocycles. The molecule has 2 aromatic heterocycles. The van der Waals surface area contributed by atoms with Crippen molar-refractivity contribution in [2.45, 2.75) is 170 Å². The lowest BCUT2D eigenvalue weighted by Crippen LogP contribution is -2.58. The SMILES string of the molecule is CCCc1cc(NCCCCNC(=O)CCC(=O)OC2CCC3(C)C(=CCC4[C@]5(C)CC[C@H]([C@H](C)CCCC(C)C)C5CC[C@@]43C)C2)ccn1.CN(CCN)Cc1cc(N)ccn1. The van der Waals surface area contributed by atoms with E-state index >= 15 is 0 Å². The zero-order chi connectivity index (χ0) is 45.6. The maximum absolute atomic E-state index is 12.9. The number of aryl methyl sites for hydroxylation is 1. The summed E-state index contributed by atoms with van der Waals surface area (Å²) in [6, 6.07) is 7.78. The third kappa shape index (κ3) is 13.3. The number of fused-ring (bicyclic) bond motifs is 5. The maximum atomic E-state index is 12.9. The lowest BCUT2D eigenvalue weighted by Gasteiger charge is -2.65. The second-order valence-electron chi connectivity index (χ2n) is 21.2. The number of nitrogens with zero attached hydrogens (tertiary/aromatic N) is 3. The molecule has 4 aliphatic carbocycles. The van der Waals surface area contributed by atoms with Crippen molar-refractivity contribution in [2.75, 3.05) is 44.3 Å². The Labute approximate surface area is 382 Å². The summed E-state index contributed by atoms with van der Waals surface area (Å²) in [5, 5.41) is 6.44. The van der Waals surface area contributed by atoms with Crippen molar-refractivity contribution >= 4 is 23.3 Å². The fourth-order valence-electron chi connectivity index (χ4n) is 12.5. The highest BCUT2D eigenvalue weighted by molar-refractivity contribution is 5.81. The highest BCUT2D eigenvalue weighted by atomic mass is 16.5. The zero-order valence-electron chi connectivity index (χ0n) is 40.8. The van der Waals surface area contributed by atoms with E-state index in [2.05, 4.69) is 86.1 Å². The Hall–Kier alpha value is -3.50. The van der Waals surface area contributed by atoms with Gasteiger partial charge in [-0.05, 0) is 141 Å². The summed E-state index contributed by atoms with van der Waals surface area (Å²) < 4.78 is 6.03. The summed E-state index contributed by atoms with van der Waals surface area (Å²) in [4.78, 5) is 36.1. The highest BCUT2D eigenvalue weighted by Crippen LogP contribution is 2.72. The molecule has 2 aromatic rings. The molecule has 0 bridgehead atoms. The minimum Gasteiger partial charge on any atom is -0.462 e. The van der Waals surface area contributed by atoms with Crippen LogP contribution >= 0.6 is 0 Å². The Morgan fingerprint density at radius 1 is 0.937 bits per heavy atom. The van der Waals surface area contributed by atoms with Crippen LogP contribution in [0.2, 0.25) is 0 Å². The number of rotatable bonds is 21. The van der Waals surface area contributed by atoms with Gasteiger partial charge in [-0.25, -0.2) is 0 Å². The number of ether oxygens (including phenoxy) is 1. The van der Waals surface area contributed by atoms with Gasteiger partial charge in [-0.2, -0.15) is 0 Å². The Morgan fingerprint density at radius 2 is 1.70 bits per heavy atom. The maximum Gasteiger partial charge on any atom is 0.306 e. The third-order valence-electron chi connectivity index (χ3n) is 16.3. The molecule has 3 fully saturated rings. The van der Waals surface area contributed by atoms with E-state index in [-0.39, 0.29) is 36.2 Å². The van der Waals surface area contributed by atoms with Gasteiger partial charge in [-0.1, -0.05) is 85.8 Å². The molecule has 0 saturated heterocycles. The number of hydrogen-bond acceptors (Lipinski definition) is 9. The van der Waals surface area contributed by atoms with Crippen LogP contribution in [-0.2, 0) is 27.3 Å². The van der Waals surface area contributed by atoms with Gasteiger partial charge in [0.05, 0.1) is 12.1 Å². The fraction of sp³-hybridized carbons (Fsp3) is 0.736. The average Bonchev–Trinajstić information content (AvgIpc) is 3.59. The molecule has 1 amide bonds. The largest absolute Gasteiger partial charge is 0.462 e. The van der Waals surface area contributed by atoms with Gasteiger partial charge in [0, 0.05) is 75.0 Å². The smallest absolute Gasteiger partial charge is 0.306 e. The van der Waals surface area contributed by atoms with Crippen LogP contribution in [0.1, 0.15) is 163 Å². The van der Waals surface area contributed by atoms with Crippen LogP contribution in [-0.4, -0.2) is 66.1 Å². The summed E-state index contributed by atoms with van der Waals surface area (Å²) in [5.41, 5.74) is 17.5. The van der Waals surface area contributed by atoms with Crippen LogP contribution in [0.5, 0.6) is 0 Å². The first-order chi connectivity index (χ1) is 30.1. The average molecular weight is 870 g/mol. The molecule has 352 valence electrons. The molecule has 6 N–H and O–H groups in total. The summed E-state index contributed by atoms with van der Waals surface area (Å²) in [6.07, 6.45) is 24.1. The summed E-state index contributed by atoms with van der Waals surface area (Å²) >= 11 is 0. The Kier molecular flexibility index (Phi) is 18.9. The van der Waals surface area contributed by atoms with Gasteiger partial charge in [0.2, 0.25) is 5.91 Å². The summed E-state index contributed by atoms with van der Waals surface area (Å²) in [6.45, 7) is 21.1. The third-order valence-corrected chi connectivity index (χ3v) is 16.3. The van der Waals surface area contributed by atoms with Crippen LogP contribution in [0.25, 0.3) is 0 Å². The number of pyridine rings is 2. The molecule has 63 heavy (non-hydrogen) atoms. The first-order valence-electron chi connectivity index (χ1n) is 25.0. The van der Waals surface area contributed by atoms with E-state index < -0.39 is 0 Å². The number of nitrogens with two attached hydrogens (primary N) is 2. The van der Waals surface area contributed by atoms with E-state index in [1.54, 1.807) is 12.3 Å². The van der Waals surface area contributed by atoms with Crippen molar-refractivity contribution in [1.29, 1.82) is 0 Å². The standard InChI is InChI=1S/C44H71N3O3.C9H16N4/c1-8-12-34-30-35(22-28-46-34)45-26-9-10-27-47-40(48)17-18-41(49)50-36-19-24-43(6)33(29-36)15-16-39-42(5)23-20-37(32(4)14-11-13-31(2)3)38(42)21-25-44(39,43)7;1-13(5-3-10)7-9-6-8(11)2-4-12-9/h15,22,28,30-32,36-39H,8-14,16-21,23-27,29H2,1-7H3,(H,45,46)(H,47,48);2,4,6H,3,5,7,10H2,1H3,(H2,11,12)/t32-,36?,37-,38?,39?,42-,43?,44+;/m1./s1. The molecule has 10 heteroatoms. The number of nitrogens with one attached hydrogen (secondary N) is 2. The minimum absolute atomic E-state index is 0.0644. The molecular formula is C53H87N7O3. The van der Waals surface area contributed by atoms with Gasteiger partial charge < -0.3 is 26.8 Å². The van der Waals surface area contributed by atoms with Crippen LogP contribution in [0.15, 0.2) is 48.3 Å². The number of nitrogen functional groups attached to an aromatic ring is 1. The van der Waals surface area contributed by atoms with Crippen molar-refractivity contribution in [1.82, 2.24) is 20.2 Å². The van der Waals surface area contributed by atoms with E-state index in [0.29, 0.717) is 23.9 Å². The summed E-state index contributed by atoms with van der Waals surface area (Å²) in [7, 11) is 2.01. The molecule has 3 saturated carbocycles. The van der Waals surface area contributed by atoms with Gasteiger partial charge in [0.1, 0.15) is 6.10 Å². The van der Waals surface area contributed by atoms with E-state index in [1.165, 1.54) is 56.9 Å². The minimum atomic E-state index is -0.231. The number of anilines is 2. The second-order valence-corrected chi connectivity index (χ2v) is 21.2. The highest BCUT2D eigenvalue weighted by Gasteiger charge is 2.65. The molecule has 2 heterocycles. The molecule has 0 aliphatic heterocycles. The fourth-order valence-corrected chi connectivity index (χ4v) is 12.5. The van der Waals surface area contributed by atoms with Crippen molar-refractivity contribution in [2.24, 2.45) is 51.6 Å². The molecule has 6 rings (SSSR count). The van der Waals surface area contributed by atoms with Gasteiger partial charge >= 0.3 is 5.97 Å². The molecule has 8 atom stereocenters. The molecule has 0 spiro atoms. The predicted molar refractivity (Wildman–Crippen MR) is 260 cm³/mol. The number of allylic oxidation sites excluding steroid dienone is 1. The lowest BCUT2D eigenvalue weighted by molar-refractivity contribution is -0.156. The topological polar surface area (TPSA) is 148 Å². The zero-order valence-corrected chi connectivity index (χ0v) is 40.8. The molecule has 4 aliphatic rings. The van der Waals surface area contributed by atoms with E-state index in [1.807, 2.05) is 25.4 Å². The quantitative estimate of drug-likeness (QED) is 0.0546. The predicted octanol–water partition coefficient (Wildman–Crippen LogP) is 10.5. The van der Waals surface area contributed by atoms with Crippen molar-refractivity contribution in [3.8, 4) is 0 Å². The lowest BCUT2D eigenvalue weighted by atomic mass is 9.39. The normalized spacial score (nSPS) is 27.9. The van der Waals surface area contributed by atoms with Crippen molar-refractivity contribution in [3.05, 3.63) is 59.7 Å². The van der Waals surface area contributed by atoms with E-state index in [9.17, 15) is 9.59 Å². The van der Waals surface area contributed by atoms with Gasteiger partial charge in [0.25, 0.3) is 0 Å². The summed E-state index contributed by atoms with van der Waals surface area (Å²) in [5.74, 6) is 3.86. The molecular weight excluding hydrogens is 783 g/mol. The molecule has 4 unspecified atom stereocenters. The van der Waals surface area contributed by atoms with Crippen LogP contribution in [0.3, 0.4) is 0 Å². The van der Waals surface area contributed by atoms with E-state index in [0.717, 1.165) is 117 Å². The number of aromatic nitrogens is 2. The Bertz CT molecular complexity index is 1780. The number of amides is 1. The number of carbonyl (C=O) groups is 2. The van der Waals surface area contributed by atoms with Crippen molar-refractivity contribution in [3.63, 3.8) is 0 Å². The first-order valence-corrected chi connectivity index (χ1v) is 25.0. The first kappa shape index (κ1) is 50.5. The van der Waals surface area contributed by atoms with Gasteiger partial charge in [-0.3, -0.25) is 24.5 Å². The Balaban J connectivity index is 0.000000493. The van der Waals surface area contributed by atoms with E-state index in [4.69, 9.17) is 16.2 Å². The Morgan fingerprint density at radius 3 is 2.44 bits per heavy atom. The number of unbranched alkanes of at least 4 members (excludes halogenated alkanes) is 1. The molecule has 0 radical (unpaired) electrons. The van der Waals surface area contributed by atoms with Crippen molar-refractivity contribution < 1.29 is 14.3 Å². The van der Waals surface area contributed by atoms with Crippen LogP contribution in [0, 0.1) is 45.8 Å². The number of hydrogen-bond donors (Lipinski definition) is 4. The molecule has 10 nitrogen and oxygen atoms in total. The number of likely N-dealkylation sites (N-methyl/N-ethyl adjacent to an activating group) is 1. The number of carbonyl (C=O) groups excluding carboxylic acids is 2. The van der Waals surface area contributed by atoms with Crippen LogP contribution in [0.4, 0.5) is 11.4 Å². The second kappa shape index (κ2) is 23.6. The van der Waals surface area contributed by atoms with Crippen LogP contribution < -0.4 is 22.1 Å². The van der Waals surface area contributed by atoms with Gasteiger partial charge in [0.15, 0.2) is 0 Å². The number of esters is 1. The monoisotopic (exact) mass is 870 g/mol.